The van der Waals surface area contributed by atoms with Crippen LogP contribution in [0.25, 0.3) is 0 Å². The lowest BCUT2D eigenvalue weighted by Gasteiger charge is -2.43. The standard InChI is InChI=1S/C32H68P.C30H40B/c1-5-9-13-17-21-25-29-33(30-26-22-18-14-10-6-2,31-27-23-19-15-11-7-3)32-28-24-20-16-12-8-4;1-2-3-4-5-6-7-8-9-10-20-27-31(28-21-14-11-15-22-28,29-23-16-12-17-24-29)30-25-18-13-19-26-30/h5-32H2,1-4H3;11-19,21-26H,2-10,20,27H2,1H3/q+1;-1. The fourth-order valence-electron chi connectivity index (χ4n) is 10.9. The van der Waals surface area contributed by atoms with Gasteiger partial charge in [0.25, 0.3) is 0 Å². The van der Waals surface area contributed by atoms with Crippen LogP contribution in [0.3, 0.4) is 0 Å². The van der Waals surface area contributed by atoms with Crippen LogP contribution in [0.15, 0.2) is 91.0 Å². The first kappa shape index (κ1) is 58.3. The van der Waals surface area contributed by atoms with Gasteiger partial charge >= 0.3 is 0 Å². The summed E-state index contributed by atoms with van der Waals surface area (Å²) in [6.45, 7) is 11.7. The van der Waals surface area contributed by atoms with Gasteiger partial charge in [-0.1, -0.05) is 293 Å². The molecule has 364 valence electrons. The smallest absolute Gasteiger partial charge is 0.0814 e. The Morgan fingerprint density at radius 1 is 0.250 bits per heavy atom. The van der Waals surface area contributed by atoms with Crippen LogP contribution in [0.5, 0.6) is 0 Å². The van der Waals surface area contributed by atoms with Crippen LogP contribution >= 0.6 is 7.26 Å². The van der Waals surface area contributed by atoms with Crippen LogP contribution in [0, 0.1) is 0 Å². The molecule has 0 bridgehead atoms. The van der Waals surface area contributed by atoms with E-state index in [0.29, 0.717) is 0 Å². The second-order valence-electron chi connectivity index (χ2n) is 20.6. The Balaban J connectivity index is 0.000000440. The molecule has 0 atom stereocenters. The summed E-state index contributed by atoms with van der Waals surface area (Å²) in [5, 5.41) is 0. The summed E-state index contributed by atoms with van der Waals surface area (Å²) in [4.78, 5) is 0. The molecule has 0 N–H and O–H groups in total. The molecule has 0 heterocycles. The van der Waals surface area contributed by atoms with E-state index in [4.69, 9.17) is 0 Å². The Bertz CT molecular complexity index is 1210. The predicted octanol–water partition coefficient (Wildman–Crippen LogP) is 19.5. The molecule has 0 aromatic heterocycles. The maximum absolute atomic E-state index is 2.35. The van der Waals surface area contributed by atoms with Crippen LogP contribution in [-0.4, -0.2) is 30.8 Å². The number of hydrogen-bond acceptors (Lipinski definition) is 0. The van der Waals surface area contributed by atoms with Gasteiger partial charge in [-0.05, 0) is 51.4 Å². The zero-order valence-electron chi connectivity index (χ0n) is 43.8. The van der Waals surface area contributed by atoms with E-state index in [1.807, 2.05) is 0 Å². The van der Waals surface area contributed by atoms with Crippen LogP contribution in [0.1, 0.15) is 253 Å². The zero-order chi connectivity index (χ0) is 45.9. The van der Waals surface area contributed by atoms with Crippen molar-refractivity contribution in [3.05, 3.63) is 91.0 Å². The summed E-state index contributed by atoms with van der Waals surface area (Å²) in [5.74, 6) is 0. The van der Waals surface area contributed by atoms with Gasteiger partial charge in [0.1, 0.15) is 0 Å². The van der Waals surface area contributed by atoms with Gasteiger partial charge in [0.15, 0.2) is 0 Å². The molecule has 3 rings (SSSR count). The number of unbranched alkanes of at least 4 members (excludes halogenated alkanes) is 29. The minimum atomic E-state index is -0.950. The lowest BCUT2D eigenvalue weighted by atomic mass is 9.14. The largest absolute Gasteiger partial charge is 0.200 e. The molecule has 0 radical (unpaired) electrons. The van der Waals surface area contributed by atoms with E-state index in [1.165, 1.54) is 215 Å². The van der Waals surface area contributed by atoms with Crippen molar-refractivity contribution in [2.75, 3.05) is 24.6 Å². The fraction of sp³-hybridized carbons (Fsp3) is 0.710. The van der Waals surface area contributed by atoms with Gasteiger partial charge in [-0.15, -0.1) is 0 Å². The fourth-order valence-corrected chi connectivity index (χ4v) is 15.9. The Labute approximate surface area is 402 Å². The zero-order valence-corrected chi connectivity index (χ0v) is 44.7. The van der Waals surface area contributed by atoms with Crippen molar-refractivity contribution in [3.63, 3.8) is 0 Å². The van der Waals surface area contributed by atoms with Crippen molar-refractivity contribution in [1.82, 2.24) is 0 Å². The molecule has 64 heavy (non-hydrogen) atoms. The molecule has 0 fully saturated rings. The first-order valence-corrected chi connectivity index (χ1v) is 31.3. The van der Waals surface area contributed by atoms with E-state index in [9.17, 15) is 0 Å². The van der Waals surface area contributed by atoms with Crippen molar-refractivity contribution in [2.45, 2.75) is 259 Å². The highest BCUT2D eigenvalue weighted by Gasteiger charge is 2.35. The average molecular weight is 895 g/mol. The molecule has 0 amide bonds. The Kier molecular flexibility index (Phi) is 37.7. The van der Waals surface area contributed by atoms with E-state index in [1.54, 1.807) is 50.3 Å². The molecule has 0 aliphatic heterocycles. The van der Waals surface area contributed by atoms with Crippen LogP contribution in [0.4, 0.5) is 0 Å². The molecule has 0 unspecified atom stereocenters. The normalized spacial score (nSPS) is 11.8. The monoisotopic (exact) mass is 895 g/mol. The molecule has 3 aromatic carbocycles. The lowest BCUT2D eigenvalue weighted by Crippen LogP contribution is -2.66. The molecule has 0 saturated carbocycles. The van der Waals surface area contributed by atoms with Crippen molar-refractivity contribution in [1.29, 1.82) is 0 Å². The molecule has 2 heteroatoms. The first-order chi connectivity index (χ1) is 31.6. The Morgan fingerprint density at radius 2 is 0.453 bits per heavy atom. The molecule has 0 saturated heterocycles. The Morgan fingerprint density at radius 3 is 0.688 bits per heavy atom. The summed E-state index contributed by atoms with van der Waals surface area (Å²) >= 11 is 0. The van der Waals surface area contributed by atoms with Gasteiger partial charge in [-0.2, -0.15) is 22.7 Å². The van der Waals surface area contributed by atoms with Crippen molar-refractivity contribution >= 4 is 29.8 Å². The summed E-state index contributed by atoms with van der Waals surface area (Å²) in [6, 6.07) is 33.7. The van der Waals surface area contributed by atoms with E-state index in [0.717, 1.165) is 0 Å². The number of hydrogen-bond donors (Lipinski definition) is 0. The summed E-state index contributed by atoms with van der Waals surface area (Å²) in [7, 11) is -0.718. The second-order valence-corrected chi connectivity index (χ2v) is 25.0. The second kappa shape index (κ2) is 41.4. The van der Waals surface area contributed by atoms with Gasteiger partial charge in [-0.3, -0.25) is 0 Å². The molecular weight excluding hydrogens is 786 g/mol. The van der Waals surface area contributed by atoms with Gasteiger partial charge in [-0.25, -0.2) is 0 Å². The lowest BCUT2D eigenvalue weighted by molar-refractivity contribution is 0.562. The summed E-state index contributed by atoms with van der Waals surface area (Å²) in [6.07, 6.45) is 56.2. The van der Waals surface area contributed by atoms with E-state index in [2.05, 4.69) is 126 Å². The summed E-state index contributed by atoms with van der Waals surface area (Å²) < 4.78 is 0. The Hall–Kier alpha value is -1.85. The van der Waals surface area contributed by atoms with Gasteiger partial charge in [0.05, 0.1) is 30.8 Å². The molecule has 0 aliphatic rings. The quantitative estimate of drug-likeness (QED) is 0.0302. The van der Waals surface area contributed by atoms with Gasteiger partial charge in [0, 0.05) is 7.26 Å². The number of benzene rings is 3. The topological polar surface area (TPSA) is 0 Å². The van der Waals surface area contributed by atoms with E-state index >= 15 is 0 Å². The van der Waals surface area contributed by atoms with Gasteiger partial charge < -0.3 is 0 Å². The van der Waals surface area contributed by atoms with Crippen molar-refractivity contribution < 1.29 is 0 Å². The molecule has 0 spiro atoms. The van der Waals surface area contributed by atoms with Crippen LogP contribution in [0.2, 0.25) is 6.32 Å². The third-order valence-corrected chi connectivity index (χ3v) is 20.1. The highest BCUT2D eigenvalue weighted by molar-refractivity contribution is 7.75. The molecule has 3 aromatic rings. The first-order valence-electron chi connectivity index (χ1n) is 28.8. The highest BCUT2D eigenvalue weighted by atomic mass is 31.2. The third kappa shape index (κ3) is 26.5. The van der Waals surface area contributed by atoms with E-state index < -0.39 is 13.4 Å². The third-order valence-electron chi connectivity index (χ3n) is 15.0. The SMILES string of the molecule is CCCCCCCCCCCC[B-](c1ccccc1)(c1ccccc1)c1ccccc1.CCCCCCCC[P+](CCCCCCCC)(CCCCCCCC)CCCCCCCC. The molecular formula is C62H108BP. The maximum Gasteiger partial charge on any atom is 0.0814 e. The highest BCUT2D eigenvalue weighted by Crippen LogP contribution is 2.61. The van der Waals surface area contributed by atoms with Gasteiger partial charge in [0.2, 0.25) is 0 Å². The molecule has 0 nitrogen and oxygen atoms in total. The van der Waals surface area contributed by atoms with E-state index in [-0.39, 0.29) is 0 Å². The predicted molar refractivity (Wildman–Crippen MR) is 301 cm³/mol. The van der Waals surface area contributed by atoms with Crippen LogP contribution in [-0.2, 0) is 0 Å². The summed E-state index contributed by atoms with van der Waals surface area (Å²) in [5.41, 5.74) is 4.41. The average Bonchev–Trinajstić information content (AvgIpc) is 3.34. The molecule has 0 aliphatic carbocycles. The van der Waals surface area contributed by atoms with Crippen molar-refractivity contribution in [2.24, 2.45) is 0 Å². The number of rotatable bonds is 42. The minimum absolute atomic E-state index is 0.718. The minimum Gasteiger partial charge on any atom is -0.200 e. The van der Waals surface area contributed by atoms with Crippen LogP contribution < -0.4 is 16.4 Å². The van der Waals surface area contributed by atoms with Crippen molar-refractivity contribution in [3.8, 4) is 0 Å². The maximum atomic E-state index is 2.35.